The van der Waals surface area contributed by atoms with Crippen LogP contribution in [0.4, 0.5) is 10.8 Å². The molecule has 2 aromatic carbocycles. The second-order valence-electron chi connectivity index (χ2n) is 7.57. The number of rotatable bonds is 7. The third-order valence-corrected chi connectivity index (χ3v) is 6.14. The molecule has 7 nitrogen and oxygen atoms in total. The van der Waals surface area contributed by atoms with Crippen LogP contribution in [-0.4, -0.2) is 54.0 Å². The van der Waals surface area contributed by atoms with Gasteiger partial charge in [-0.3, -0.25) is 4.79 Å². The van der Waals surface area contributed by atoms with Gasteiger partial charge in [0.2, 0.25) is 0 Å². The molecule has 1 aliphatic rings. The molecule has 1 aromatic heterocycles. The molecular formula is C24H26N4O3S. The third kappa shape index (κ3) is 5.45. The van der Waals surface area contributed by atoms with E-state index in [-0.39, 0.29) is 11.6 Å². The second kappa shape index (κ2) is 10.3. The molecule has 166 valence electrons. The normalized spacial score (nSPS) is 14.7. The van der Waals surface area contributed by atoms with Crippen molar-refractivity contribution in [3.63, 3.8) is 0 Å². The predicted octanol–water partition coefficient (Wildman–Crippen LogP) is 3.65. The Hall–Kier alpha value is -3.39. The standard InChI is InChI=1S/C24H26N4O3S/c1-18(22(29)28-14-12-27(13-15-28)20-10-6-3-7-11-20)31-23(30)21-17-32-24(26-21)25-16-19-8-4-2-5-9-19/h2-11,17-18H,12-16H2,1H3,(H,25,26)/t18-/m0/s1. The minimum Gasteiger partial charge on any atom is -0.448 e. The van der Waals surface area contributed by atoms with Crippen LogP contribution >= 0.6 is 11.3 Å². The van der Waals surface area contributed by atoms with Crippen LogP contribution in [0.3, 0.4) is 0 Å². The Morgan fingerprint density at radius 2 is 1.69 bits per heavy atom. The molecule has 1 fully saturated rings. The van der Waals surface area contributed by atoms with Crippen LogP contribution in [0.15, 0.2) is 66.0 Å². The summed E-state index contributed by atoms with van der Waals surface area (Å²) >= 11 is 1.33. The molecule has 0 unspecified atom stereocenters. The molecular weight excluding hydrogens is 424 g/mol. The highest BCUT2D eigenvalue weighted by atomic mass is 32.1. The van der Waals surface area contributed by atoms with Crippen molar-refractivity contribution in [2.75, 3.05) is 36.4 Å². The Balaban J connectivity index is 1.25. The Morgan fingerprint density at radius 3 is 2.38 bits per heavy atom. The third-order valence-electron chi connectivity index (χ3n) is 5.34. The molecule has 0 radical (unpaired) electrons. The summed E-state index contributed by atoms with van der Waals surface area (Å²) in [7, 11) is 0. The van der Waals surface area contributed by atoms with Crippen molar-refractivity contribution in [2.24, 2.45) is 0 Å². The number of piperazine rings is 1. The molecule has 2 heterocycles. The zero-order valence-corrected chi connectivity index (χ0v) is 18.8. The lowest BCUT2D eigenvalue weighted by Gasteiger charge is -2.37. The summed E-state index contributed by atoms with van der Waals surface area (Å²) in [6, 6.07) is 20.1. The van der Waals surface area contributed by atoms with Crippen LogP contribution in [0.1, 0.15) is 23.0 Å². The summed E-state index contributed by atoms with van der Waals surface area (Å²) in [5.41, 5.74) is 2.48. The molecule has 1 amide bonds. The van der Waals surface area contributed by atoms with Crippen molar-refractivity contribution in [2.45, 2.75) is 19.6 Å². The van der Waals surface area contributed by atoms with Gasteiger partial charge in [-0.15, -0.1) is 11.3 Å². The first kappa shape index (κ1) is 21.8. The number of aromatic nitrogens is 1. The van der Waals surface area contributed by atoms with Gasteiger partial charge < -0.3 is 19.9 Å². The minimum absolute atomic E-state index is 0.177. The number of thiazole rings is 1. The average molecular weight is 451 g/mol. The van der Waals surface area contributed by atoms with Crippen molar-refractivity contribution in [1.82, 2.24) is 9.88 Å². The smallest absolute Gasteiger partial charge is 0.358 e. The van der Waals surface area contributed by atoms with Crippen molar-refractivity contribution < 1.29 is 14.3 Å². The topological polar surface area (TPSA) is 74.8 Å². The highest BCUT2D eigenvalue weighted by Gasteiger charge is 2.28. The lowest BCUT2D eigenvalue weighted by Crippen LogP contribution is -2.51. The number of nitrogens with one attached hydrogen (secondary N) is 1. The summed E-state index contributed by atoms with van der Waals surface area (Å²) in [4.78, 5) is 33.6. The number of carbonyl (C=O) groups is 2. The molecule has 0 spiro atoms. The summed E-state index contributed by atoms with van der Waals surface area (Å²) in [5, 5.41) is 5.48. The molecule has 1 aliphatic heterocycles. The summed E-state index contributed by atoms with van der Waals surface area (Å²) in [6.45, 7) is 4.93. The Labute approximate surface area is 191 Å². The van der Waals surface area contributed by atoms with Gasteiger partial charge in [0.1, 0.15) is 0 Å². The summed E-state index contributed by atoms with van der Waals surface area (Å²) in [5.74, 6) is -0.763. The van der Waals surface area contributed by atoms with E-state index in [9.17, 15) is 9.59 Å². The Bertz CT molecular complexity index is 1030. The first-order valence-electron chi connectivity index (χ1n) is 10.6. The van der Waals surface area contributed by atoms with Crippen LogP contribution in [0.25, 0.3) is 0 Å². The number of ether oxygens (including phenoxy) is 1. The molecule has 8 heteroatoms. The van der Waals surface area contributed by atoms with Crippen molar-refractivity contribution in [3.8, 4) is 0 Å². The Kier molecular flexibility index (Phi) is 7.01. The van der Waals surface area contributed by atoms with E-state index >= 15 is 0 Å². The lowest BCUT2D eigenvalue weighted by molar-refractivity contribution is -0.140. The fraction of sp³-hybridized carbons (Fsp3) is 0.292. The van der Waals surface area contributed by atoms with E-state index in [4.69, 9.17) is 4.74 Å². The van der Waals surface area contributed by atoms with Crippen LogP contribution in [0.5, 0.6) is 0 Å². The highest BCUT2D eigenvalue weighted by Crippen LogP contribution is 2.19. The van der Waals surface area contributed by atoms with Crippen molar-refractivity contribution in [1.29, 1.82) is 0 Å². The van der Waals surface area contributed by atoms with E-state index in [1.54, 1.807) is 17.2 Å². The average Bonchev–Trinajstić information content (AvgIpc) is 3.33. The molecule has 0 aliphatic carbocycles. The highest BCUT2D eigenvalue weighted by molar-refractivity contribution is 7.13. The molecule has 4 rings (SSSR count). The van der Waals surface area contributed by atoms with Crippen LogP contribution < -0.4 is 10.2 Å². The molecule has 0 bridgehead atoms. The fourth-order valence-electron chi connectivity index (χ4n) is 3.57. The van der Waals surface area contributed by atoms with Gasteiger partial charge in [0.25, 0.3) is 5.91 Å². The van der Waals surface area contributed by atoms with Gasteiger partial charge in [-0.25, -0.2) is 9.78 Å². The van der Waals surface area contributed by atoms with E-state index in [2.05, 4.69) is 27.3 Å². The van der Waals surface area contributed by atoms with Gasteiger partial charge in [-0.2, -0.15) is 0 Å². The molecule has 3 aromatic rings. The summed E-state index contributed by atoms with van der Waals surface area (Å²) in [6.07, 6.45) is -0.854. The van der Waals surface area contributed by atoms with Gasteiger partial charge in [-0.1, -0.05) is 48.5 Å². The molecule has 0 saturated carbocycles. The number of esters is 1. The zero-order chi connectivity index (χ0) is 22.3. The van der Waals surface area contributed by atoms with E-state index in [1.165, 1.54) is 11.3 Å². The number of amides is 1. The van der Waals surface area contributed by atoms with Gasteiger partial charge in [0.15, 0.2) is 16.9 Å². The maximum atomic E-state index is 12.8. The SMILES string of the molecule is C[C@H](OC(=O)c1csc(NCc2ccccc2)n1)C(=O)N1CCN(c2ccccc2)CC1. The molecule has 1 atom stereocenters. The van der Waals surface area contributed by atoms with Gasteiger partial charge in [-0.05, 0) is 24.6 Å². The van der Waals surface area contributed by atoms with Crippen molar-refractivity contribution >= 4 is 34.0 Å². The minimum atomic E-state index is -0.854. The quantitative estimate of drug-likeness (QED) is 0.554. The molecule has 32 heavy (non-hydrogen) atoms. The summed E-state index contributed by atoms with van der Waals surface area (Å²) < 4.78 is 5.41. The van der Waals surface area contributed by atoms with Crippen LogP contribution in [-0.2, 0) is 16.1 Å². The number of hydrogen-bond donors (Lipinski definition) is 1. The van der Waals surface area contributed by atoms with Crippen LogP contribution in [0.2, 0.25) is 0 Å². The number of anilines is 2. The largest absolute Gasteiger partial charge is 0.448 e. The van der Waals surface area contributed by atoms with Crippen LogP contribution in [0, 0.1) is 0 Å². The van der Waals surface area contributed by atoms with Gasteiger partial charge >= 0.3 is 5.97 Å². The monoisotopic (exact) mass is 450 g/mol. The zero-order valence-electron chi connectivity index (χ0n) is 17.9. The Morgan fingerprint density at radius 1 is 1.03 bits per heavy atom. The van der Waals surface area contributed by atoms with E-state index in [1.807, 2.05) is 48.5 Å². The number of hydrogen-bond acceptors (Lipinski definition) is 7. The fourth-order valence-corrected chi connectivity index (χ4v) is 4.25. The van der Waals surface area contributed by atoms with E-state index < -0.39 is 12.1 Å². The molecule has 1 N–H and O–H groups in total. The first-order valence-corrected chi connectivity index (χ1v) is 11.5. The second-order valence-corrected chi connectivity index (χ2v) is 8.43. The number of nitrogens with zero attached hydrogens (tertiary/aromatic N) is 3. The number of para-hydroxylation sites is 1. The maximum Gasteiger partial charge on any atom is 0.358 e. The molecule has 1 saturated heterocycles. The first-order chi connectivity index (χ1) is 15.6. The van der Waals surface area contributed by atoms with Gasteiger partial charge in [0, 0.05) is 43.8 Å². The number of benzene rings is 2. The van der Waals surface area contributed by atoms with Crippen molar-refractivity contribution in [3.05, 3.63) is 77.3 Å². The van der Waals surface area contributed by atoms with E-state index in [0.29, 0.717) is 24.8 Å². The maximum absolute atomic E-state index is 12.8. The lowest BCUT2D eigenvalue weighted by atomic mass is 10.2. The number of carbonyl (C=O) groups excluding carboxylic acids is 2. The predicted molar refractivity (Wildman–Crippen MR) is 126 cm³/mol. The van der Waals surface area contributed by atoms with Gasteiger partial charge in [0.05, 0.1) is 0 Å². The van der Waals surface area contributed by atoms with E-state index in [0.717, 1.165) is 24.3 Å².